The quantitative estimate of drug-likeness (QED) is 0.460. The summed E-state index contributed by atoms with van der Waals surface area (Å²) < 4.78 is 5.21. The van der Waals surface area contributed by atoms with Crippen molar-refractivity contribution in [2.45, 2.75) is 85.0 Å². The van der Waals surface area contributed by atoms with Crippen LogP contribution in [0, 0.1) is 34.5 Å². The topological polar surface area (TPSA) is 26.3 Å². The van der Waals surface area contributed by atoms with Crippen molar-refractivity contribution in [3.8, 4) is 0 Å². The zero-order valence-electron chi connectivity index (χ0n) is 16.5. The highest BCUT2D eigenvalue weighted by atomic mass is 16.5. The van der Waals surface area contributed by atoms with Crippen LogP contribution in [0.3, 0.4) is 0 Å². The van der Waals surface area contributed by atoms with E-state index in [4.69, 9.17) is 4.74 Å². The molecule has 0 aliphatic heterocycles. The first-order chi connectivity index (χ1) is 12.0. The summed E-state index contributed by atoms with van der Waals surface area (Å²) in [5.74, 6) is 3.50. The lowest BCUT2D eigenvalue weighted by molar-refractivity contribution is -0.137. The van der Waals surface area contributed by atoms with Crippen LogP contribution >= 0.6 is 0 Å². The van der Waals surface area contributed by atoms with Gasteiger partial charge in [0, 0.05) is 6.08 Å². The summed E-state index contributed by atoms with van der Waals surface area (Å²) >= 11 is 0. The van der Waals surface area contributed by atoms with E-state index in [1.165, 1.54) is 63.4 Å². The molecule has 4 rings (SSSR count). The molecule has 0 heterocycles. The number of hydrogen-bond acceptors (Lipinski definition) is 2. The Balaban J connectivity index is 1.58. The number of ether oxygens (including phenoxy) is 1. The van der Waals surface area contributed by atoms with Gasteiger partial charge < -0.3 is 4.74 Å². The normalized spacial score (nSPS) is 47.7. The van der Waals surface area contributed by atoms with Gasteiger partial charge in [-0.15, -0.1) is 0 Å². The van der Waals surface area contributed by atoms with Crippen molar-refractivity contribution in [2.75, 3.05) is 6.61 Å². The Bertz CT molecular complexity index is 564. The molecule has 6 atom stereocenters. The molecule has 0 saturated heterocycles. The van der Waals surface area contributed by atoms with Crippen LogP contribution in [0.5, 0.6) is 0 Å². The number of rotatable bonds is 2. The molecule has 0 aromatic rings. The summed E-state index contributed by atoms with van der Waals surface area (Å²) in [6.45, 7) is 7.47. The molecule has 0 N–H and O–H groups in total. The molecule has 4 fully saturated rings. The van der Waals surface area contributed by atoms with Gasteiger partial charge in [-0.3, -0.25) is 0 Å². The second-order valence-electron chi connectivity index (χ2n) is 9.82. The Hall–Kier alpha value is -0.790. The molecule has 4 aliphatic rings. The maximum absolute atomic E-state index is 12.0. The Morgan fingerprint density at radius 3 is 2.72 bits per heavy atom. The molecular formula is C23H36O2. The van der Waals surface area contributed by atoms with Crippen LogP contribution < -0.4 is 0 Å². The van der Waals surface area contributed by atoms with Gasteiger partial charge in [-0.25, -0.2) is 4.79 Å². The van der Waals surface area contributed by atoms with Crippen molar-refractivity contribution in [3.63, 3.8) is 0 Å². The maximum Gasteiger partial charge on any atom is 0.330 e. The van der Waals surface area contributed by atoms with E-state index in [-0.39, 0.29) is 11.4 Å². The highest BCUT2D eigenvalue weighted by Gasteiger charge is 2.58. The molecular weight excluding hydrogens is 308 g/mol. The fraction of sp³-hybridized carbons (Fsp3) is 0.870. The first-order valence-electron chi connectivity index (χ1n) is 10.9. The van der Waals surface area contributed by atoms with Crippen LogP contribution in [0.25, 0.3) is 0 Å². The monoisotopic (exact) mass is 344 g/mol. The summed E-state index contributed by atoms with van der Waals surface area (Å²) in [5.41, 5.74) is 2.26. The number of fused-ring (bicyclic) bond motifs is 5. The fourth-order valence-corrected chi connectivity index (χ4v) is 7.71. The lowest BCUT2D eigenvalue weighted by Gasteiger charge is -2.60. The van der Waals surface area contributed by atoms with E-state index in [0.29, 0.717) is 12.0 Å². The minimum Gasteiger partial charge on any atom is -0.463 e. The number of hydrogen-bond donors (Lipinski definition) is 0. The van der Waals surface area contributed by atoms with Gasteiger partial charge in [0.1, 0.15) is 0 Å². The second kappa shape index (κ2) is 6.43. The predicted molar refractivity (Wildman–Crippen MR) is 101 cm³/mol. The van der Waals surface area contributed by atoms with Crippen molar-refractivity contribution in [2.24, 2.45) is 34.5 Å². The van der Waals surface area contributed by atoms with Gasteiger partial charge in [-0.1, -0.05) is 32.3 Å². The van der Waals surface area contributed by atoms with Crippen LogP contribution in [0.15, 0.2) is 11.6 Å². The van der Waals surface area contributed by atoms with Crippen molar-refractivity contribution in [1.29, 1.82) is 0 Å². The van der Waals surface area contributed by atoms with Crippen molar-refractivity contribution >= 4 is 5.97 Å². The lowest BCUT2D eigenvalue weighted by Crippen LogP contribution is -2.52. The molecule has 2 nitrogen and oxygen atoms in total. The number of esters is 1. The Kier molecular flexibility index (Phi) is 4.53. The van der Waals surface area contributed by atoms with Crippen molar-refractivity contribution in [1.82, 2.24) is 0 Å². The summed E-state index contributed by atoms with van der Waals surface area (Å²) in [6, 6.07) is 0. The molecule has 0 radical (unpaired) electrons. The van der Waals surface area contributed by atoms with Gasteiger partial charge in [-0.2, -0.15) is 0 Å². The van der Waals surface area contributed by atoms with Crippen LogP contribution in [0.4, 0.5) is 0 Å². The van der Waals surface area contributed by atoms with E-state index < -0.39 is 0 Å². The zero-order chi connectivity index (χ0) is 17.7. The van der Waals surface area contributed by atoms with Crippen molar-refractivity contribution in [3.05, 3.63) is 11.6 Å². The van der Waals surface area contributed by atoms with E-state index in [1.807, 2.05) is 13.0 Å². The minimum absolute atomic E-state index is 0.121. The smallest absolute Gasteiger partial charge is 0.330 e. The highest BCUT2D eigenvalue weighted by molar-refractivity contribution is 5.83. The van der Waals surface area contributed by atoms with E-state index in [2.05, 4.69) is 13.8 Å². The minimum atomic E-state index is -0.121. The van der Waals surface area contributed by atoms with Crippen LogP contribution in [0.2, 0.25) is 0 Å². The first kappa shape index (κ1) is 17.6. The summed E-state index contributed by atoms with van der Waals surface area (Å²) in [6.07, 6.45) is 15.7. The van der Waals surface area contributed by atoms with E-state index in [1.54, 1.807) is 0 Å². The highest BCUT2D eigenvalue weighted by Crippen LogP contribution is 2.67. The Morgan fingerprint density at radius 2 is 1.92 bits per heavy atom. The third kappa shape index (κ3) is 2.70. The molecule has 0 amide bonds. The summed E-state index contributed by atoms with van der Waals surface area (Å²) in [4.78, 5) is 12.0. The van der Waals surface area contributed by atoms with E-state index in [9.17, 15) is 4.79 Å². The van der Waals surface area contributed by atoms with Gasteiger partial charge in [0.05, 0.1) is 6.61 Å². The Morgan fingerprint density at radius 1 is 1.08 bits per heavy atom. The third-order valence-corrected chi connectivity index (χ3v) is 9.01. The van der Waals surface area contributed by atoms with Gasteiger partial charge in [-0.05, 0) is 92.8 Å². The first-order valence-corrected chi connectivity index (χ1v) is 10.9. The van der Waals surface area contributed by atoms with Gasteiger partial charge in [0.25, 0.3) is 0 Å². The molecule has 0 bridgehead atoms. The second-order valence-corrected chi connectivity index (χ2v) is 9.82. The average Bonchev–Trinajstić information content (AvgIpc) is 2.91. The average molecular weight is 345 g/mol. The standard InChI is InChI=1S/C23H36O2/c1-4-25-21(24)15-17-9-11-19-18-10-8-16-7-5-6-13-22(16,2)20(18)12-14-23(17,19)3/h15-16,18-20H,4-14H2,1-3H3/b17-15-/t16-,18-,19-,20-,22+,23-/m1/s1. The molecule has 4 saturated carbocycles. The third-order valence-electron chi connectivity index (χ3n) is 9.01. The molecule has 0 unspecified atom stereocenters. The largest absolute Gasteiger partial charge is 0.463 e. The molecule has 4 aliphatic carbocycles. The predicted octanol–water partition coefficient (Wildman–Crippen LogP) is 5.91. The number of carbonyl (C=O) groups is 1. The molecule has 0 aromatic heterocycles. The Labute approximate surface area is 153 Å². The number of allylic oxidation sites excluding steroid dienone is 1. The van der Waals surface area contributed by atoms with E-state index >= 15 is 0 Å². The molecule has 25 heavy (non-hydrogen) atoms. The van der Waals surface area contributed by atoms with Gasteiger partial charge in [0.2, 0.25) is 0 Å². The summed E-state index contributed by atoms with van der Waals surface area (Å²) in [7, 11) is 0. The summed E-state index contributed by atoms with van der Waals surface area (Å²) in [5, 5.41) is 0. The van der Waals surface area contributed by atoms with Gasteiger partial charge >= 0.3 is 5.97 Å². The fourth-order valence-electron chi connectivity index (χ4n) is 7.71. The number of carbonyl (C=O) groups excluding carboxylic acids is 1. The SMILES string of the molecule is CCOC(=O)/C=C1/CC[C@@H]2[C@H]3CC[C@H]4CCCC[C@]4(C)[C@@H]3CC[C@]12C. The van der Waals surface area contributed by atoms with Crippen LogP contribution in [-0.4, -0.2) is 12.6 Å². The molecule has 0 aromatic carbocycles. The maximum atomic E-state index is 12.0. The zero-order valence-corrected chi connectivity index (χ0v) is 16.5. The van der Waals surface area contributed by atoms with Crippen LogP contribution in [-0.2, 0) is 9.53 Å². The van der Waals surface area contributed by atoms with Crippen LogP contribution in [0.1, 0.15) is 85.0 Å². The lowest BCUT2D eigenvalue weighted by atomic mass is 9.45. The van der Waals surface area contributed by atoms with Crippen molar-refractivity contribution < 1.29 is 9.53 Å². The van der Waals surface area contributed by atoms with Gasteiger partial charge in [0.15, 0.2) is 0 Å². The molecule has 2 heteroatoms. The van der Waals surface area contributed by atoms with E-state index in [0.717, 1.165) is 30.1 Å². The molecule has 140 valence electrons. The molecule has 0 spiro atoms.